The van der Waals surface area contributed by atoms with Gasteiger partial charge in [-0.15, -0.1) is 0 Å². The number of hydrogen-bond donors (Lipinski definition) is 0. The van der Waals surface area contributed by atoms with Gasteiger partial charge in [-0.25, -0.2) is 4.68 Å². The van der Waals surface area contributed by atoms with Gasteiger partial charge in [0.2, 0.25) is 0 Å². The Morgan fingerprint density at radius 2 is 1.85 bits per heavy atom. The summed E-state index contributed by atoms with van der Waals surface area (Å²) >= 11 is 0. The number of likely N-dealkylation sites (N-methyl/N-ethyl adjacent to an activating group) is 1. The van der Waals surface area contributed by atoms with Crippen molar-refractivity contribution in [2.24, 2.45) is 0 Å². The summed E-state index contributed by atoms with van der Waals surface area (Å²) in [6.45, 7) is 4.98. The van der Waals surface area contributed by atoms with Gasteiger partial charge in [0.05, 0.1) is 25.0 Å². The van der Waals surface area contributed by atoms with Crippen LogP contribution in [0.4, 0.5) is 0 Å². The molecule has 0 spiro atoms. The van der Waals surface area contributed by atoms with E-state index in [1.807, 2.05) is 28.9 Å². The van der Waals surface area contributed by atoms with Crippen LogP contribution in [-0.2, 0) is 16.1 Å². The Labute approximate surface area is 160 Å². The van der Waals surface area contributed by atoms with Crippen LogP contribution in [0.1, 0.15) is 16.7 Å². The number of aryl methyl sites for hydroxylation is 2. The molecule has 3 rings (SSSR count). The van der Waals surface area contributed by atoms with Crippen LogP contribution in [0.15, 0.2) is 54.7 Å². The van der Waals surface area contributed by atoms with E-state index in [0.717, 1.165) is 22.5 Å². The summed E-state index contributed by atoms with van der Waals surface area (Å²) in [6.07, 6.45) is 2.04. The zero-order valence-corrected chi connectivity index (χ0v) is 16.3. The molecule has 140 valence electrons. The van der Waals surface area contributed by atoms with Crippen LogP contribution in [0, 0.1) is 13.8 Å². The van der Waals surface area contributed by atoms with E-state index in [0.29, 0.717) is 6.54 Å². The summed E-state index contributed by atoms with van der Waals surface area (Å²) in [5.74, 6) is -0.250. The van der Waals surface area contributed by atoms with E-state index in [9.17, 15) is 4.79 Å². The fraction of sp³-hybridized carbons (Fsp3) is 0.273. The monoisotopic (exact) mass is 363 g/mol. The normalized spacial score (nSPS) is 11.0. The summed E-state index contributed by atoms with van der Waals surface area (Å²) in [6, 6.07) is 16.6. The van der Waals surface area contributed by atoms with Gasteiger partial charge in [-0.05, 0) is 39.1 Å². The molecule has 0 radical (unpaired) electrons. The molecule has 0 aliphatic carbocycles. The van der Waals surface area contributed by atoms with Gasteiger partial charge in [-0.3, -0.25) is 9.69 Å². The lowest BCUT2D eigenvalue weighted by atomic mass is 10.1. The molecule has 0 fully saturated rings. The first-order chi connectivity index (χ1) is 13.0. The van der Waals surface area contributed by atoms with Crippen molar-refractivity contribution < 1.29 is 9.53 Å². The Morgan fingerprint density at radius 1 is 1.11 bits per heavy atom. The lowest BCUT2D eigenvalue weighted by molar-refractivity contribution is -0.141. The largest absolute Gasteiger partial charge is 0.468 e. The number of hydrogen-bond acceptors (Lipinski definition) is 4. The topological polar surface area (TPSA) is 47.4 Å². The summed E-state index contributed by atoms with van der Waals surface area (Å²) in [4.78, 5) is 13.5. The lowest BCUT2D eigenvalue weighted by Gasteiger charge is -2.14. The first kappa shape index (κ1) is 18.9. The molecule has 0 aliphatic rings. The molecule has 0 bridgehead atoms. The number of methoxy groups -OCH3 is 1. The van der Waals surface area contributed by atoms with Gasteiger partial charge < -0.3 is 4.74 Å². The Kier molecular flexibility index (Phi) is 5.72. The Morgan fingerprint density at radius 3 is 2.52 bits per heavy atom. The van der Waals surface area contributed by atoms with Crippen LogP contribution in [0.5, 0.6) is 0 Å². The van der Waals surface area contributed by atoms with Gasteiger partial charge in [0, 0.05) is 23.9 Å². The molecule has 0 N–H and O–H groups in total. The molecule has 0 amide bonds. The third kappa shape index (κ3) is 4.63. The van der Waals surface area contributed by atoms with Crippen LogP contribution in [0.2, 0.25) is 0 Å². The van der Waals surface area contributed by atoms with E-state index in [1.54, 1.807) is 0 Å². The van der Waals surface area contributed by atoms with Gasteiger partial charge >= 0.3 is 5.97 Å². The van der Waals surface area contributed by atoms with Crippen LogP contribution >= 0.6 is 0 Å². The summed E-state index contributed by atoms with van der Waals surface area (Å²) in [5, 5.41) is 4.85. The molecule has 2 aromatic carbocycles. The van der Waals surface area contributed by atoms with E-state index < -0.39 is 0 Å². The van der Waals surface area contributed by atoms with Crippen molar-refractivity contribution in [2.75, 3.05) is 20.7 Å². The summed E-state index contributed by atoms with van der Waals surface area (Å²) in [7, 11) is 3.31. The minimum atomic E-state index is -0.250. The maximum Gasteiger partial charge on any atom is 0.319 e. The van der Waals surface area contributed by atoms with E-state index in [2.05, 4.69) is 56.3 Å². The van der Waals surface area contributed by atoms with Crippen LogP contribution in [0.3, 0.4) is 0 Å². The highest BCUT2D eigenvalue weighted by Crippen LogP contribution is 2.25. The molecule has 5 nitrogen and oxygen atoms in total. The van der Waals surface area contributed by atoms with Gasteiger partial charge in [0.15, 0.2) is 0 Å². The number of aromatic nitrogens is 2. The Balaban J connectivity index is 1.98. The van der Waals surface area contributed by atoms with Crippen molar-refractivity contribution in [1.29, 1.82) is 0 Å². The maximum atomic E-state index is 11.6. The van der Waals surface area contributed by atoms with Crippen molar-refractivity contribution >= 4 is 5.97 Å². The zero-order valence-electron chi connectivity index (χ0n) is 16.3. The van der Waals surface area contributed by atoms with Crippen molar-refractivity contribution in [3.63, 3.8) is 0 Å². The average molecular weight is 363 g/mol. The van der Waals surface area contributed by atoms with Gasteiger partial charge in [-0.2, -0.15) is 5.10 Å². The average Bonchev–Trinajstić information content (AvgIpc) is 3.05. The van der Waals surface area contributed by atoms with Gasteiger partial charge in [-0.1, -0.05) is 41.5 Å². The zero-order chi connectivity index (χ0) is 19.4. The van der Waals surface area contributed by atoms with E-state index in [1.165, 1.54) is 18.2 Å². The molecule has 1 aromatic heterocycles. The Hall–Kier alpha value is -2.92. The minimum Gasteiger partial charge on any atom is -0.468 e. The van der Waals surface area contributed by atoms with Gasteiger partial charge in [0.25, 0.3) is 0 Å². The number of benzene rings is 2. The van der Waals surface area contributed by atoms with Crippen LogP contribution in [0.25, 0.3) is 16.9 Å². The molecule has 3 aromatic rings. The first-order valence-electron chi connectivity index (χ1n) is 8.94. The van der Waals surface area contributed by atoms with Crippen LogP contribution < -0.4 is 0 Å². The predicted octanol–water partition coefficient (Wildman–Crippen LogP) is 3.76. The molecular formula is C22H25N3O2. The number of carbonyl (C=O) groups is 1. The summed E-state index contributed by atoms with van der Waals surface area (Å²) in [5.41, 5.74) is 6.47. The second-order valence-corrected chi connectivity index (χ2v) is 6.90. The van der Waals surface area contributed by atoms with Crippen molar-refractivity contribution in [3.8, 4) is 16.9 Å². The highest BCUT2D eigenvalue weighted by molar-refractivity contribution is 5.71. The number of esters is 1. The molecule has 0 saturated carbocycles. The highest BCUT2D eigenvalue weighted by atomic mass is 16.5. The standard InChI is InChI=1S/C22H25N3O2/c1-16-8-10-20(11-9-16)25-14-19(13-24(3)15-21(26)27-4)22(23-25)18-7-5-6-17(2)12-18/h5-12,14H,13,15H2,1-4H3. The van der Waals surface area contributed by atoms with E-state index >= 15 is 0 Å². The quantitative estimate of drug-likeness (QED) is 0.626. The van der Waals surface area contributed by atoms with Crippen molar-refractivity contribution in [3.05, 3.63) is 71.4 Å². The predicted molar refractivity (Wildman–Crippen MR) is 107 cm³/mol. The summed E-state index contributed by atoms with van der Waals surface area (Å²) < 4.78 is 6.67. The third-order valence-corrected chi connectivity index (χ3v) is 4.45. The number of carbonyl (C=O) groups excluding carboxylic acids is 1. The first-order valence-corrected chi connectivity index (χ1v) is 8.94. The van der Waals surface area contributed by atoms with E-state index in [-0.39, 0.29) is 12.5 Å². The molecule has 1 heterocycles. The second kappa shape index (κ2) is 8.18. The highest BCUT2D eigenvalue weighted by Gasteiger charge is 2.16. The van der Waals surface area contributed by atoms with Crippen LogP contribution in [-0.4, -0.2) is 41.4 Å². The molecule has 0 unspecified atom stereocenters. The fourth-order valence-electron chi connectivity index (χ4n) is 3.02. The van der Waals surface area contributed by atoms with Gasteiger partial charge in [0.1, 0.15) is 0 Å². The molecule has 5 heteroatoms. The molecule has 0 aliphatic heterocycles. The SMILES string of the molecule is COC(=O)CN(C)Cc1cn(-c2ccc(C)cc2)nc1-c1cccc(C)c1. The molecular weight excluding hydrogens is 338 g/mol. The second-order valence-electron chi connectivity index (χ2n) is 6.90. The number of rotatable bonds is 6. The molecule has 0 atom stereocenters. The molecule has 27 heavy (non-hydrogen) atoms. The fourth-order valence-corrected chi connectivity index (χ4v) is 3.02. The smallest absolute Gasteiger partial charge is 0.319 e. The van der Waals surface area contributed by atoms with Crippen molar-refractivity contribution in [2.45, 2.75) is 20.4 Å². The lowest BCUT2D eigenvalue weighted by Crippen LogP contribution is -2.26. The number of ether oxygens (including phenoxy) is 1. The Bertz CT molecular complexity index is 929. The molecule has 0 saturated heterocycles. The van der Waals surface area contributed by atoms with E-state index in [4.69, 9.17) is 9.84 Å². The minimum absolute atomic E-state index is 0.236. The number of nitrogens with zero attached hydrogens (tertiary/aromatic N) is 3. The maximum absolute atomic E-state index is 11.6. The third-order valence-electron chi connectivity index (χ3n) is 4.45. The van der Waals surface area contributed by atoms with Crippen molar-refractivity contribution in [1.82, 2.24) is 14.7 Å².